The van der Waals surface area contributed by atoms with E-state index in [1.54, 1.807) is 54.6 Å². The highest BCUT2D eigenvalue weighted by atomic mass is 35.5. The number of carbonyl (C=O) groups is 1. The van der Waals surface area contributed by atoms with Gasteiger partial charge in [0.1, 0.15) is 5.75 Å². The largest absolute Gasteiger partial charge is 0.755 e. The van der Waals surface area contributed by atoms with Crippen molar-refractivity contribution >= 4 is 68.5 Å². The zero-order chi connectivity index (χ0) is 27.4. The molecule has 0 fully saturated rings. The lowest BCUT2D eigenvalue weighted by Gasteiger charge is -2.29. The molecule has 4 aromatic rings. The molecule has 1 heterocycles. The minimum atomic E-state index is -2.88. The van der Waals surface area contributed by atoms with Gasteiger partial charge in [-0.25, -0.2) is 9.97 Å². The Balaban J connectivity index is 1.91. The van der Waals surface area contributed by atoms with E-state index in [4.69, 9.17) is 27.8 Å². The molecular formula is C25H25ClN7O4S-. The summed E-state index contributed by atoms with van der Waals surface area (Å²) < 4.78 is 31.8. The third-order valence-corrected chi connectivity index (χ3v) is 6.52. The fraction of sp³-hybridized carbons (Fsp3) is 0.160. The molecule has 38 heavy (non-hydrogen) atoms. The smallest absolute Gasteiger partial charge is 0.240 e. The Labute approximate surface area is 226 Å². The van der Waals surface area contributed by atoms with Crippen molar-refractivity contribution in [1.82, 2.24) is 9.97 Å². The SMILES string of the molecule is COc1ccc(Cl)c(Nc2nc3ccccc3nc2N(c2cc(NC(=O)[C@H](C)N)ccc2CN)S(=O)[O-])c1. The summed E-state index contributed by atoms with van der Waals surface area (Å²) in [5.74, 6) is 0.156. The first kappa shape index (κ1) is 27.2. The number of para-hydroxylation sites is 2. The van der Waals surface area contributed by atoms with E-state index in [-0.39, 0.29) is 23.9 Å². The maximum absolute atomic E-state index is 12.8. The molecule has 13 heteroatoms. The van der Waals surface area contributed by atoms with E-state index in [1.807, 2.05) is 0 Å². The number of amides is 1. The first-order valence-corrected chi connectivity index (χ1v) is 12.8. The van der Waals surface area contributed by atoms with Gasteiger partial charge in [0.15, 0.2) is 11.6 Å². The molecule has 198 valence electrons. The number of anilines is 5. The first-order valence-electron chi connectivity index (χ1n) is 11.4. The normalized spacial score (nSPS) is 12.6. The number of rotatable bonds is 9. The molecule has 1 amide bonds. The van der Waals surface area contributed by atoms with Gasteiger partial charge in [0.25, 0.3) is 0 Å². The minimum absolute atomic E-state index is 0.00996. The highest BCUT2D eigenvalue weighted by Gasteiger charge is 2.23. The van der Waals surface area contributed by atoms with Crippen LogP contribution in [-0.2, 0) is 22.6 Å². The van der Waals surface area contributed by atoms with Crippen LogP contribution >= 0.6 is 11.6 Å². The van der Waals surface area contributed by atoms with Gasteiger partial charge < -0.3 is 31.4 Å². The zero-order valence-corrected chi connectivity index (χ0v) is 22.0. The molecule has 0 bridgehead atoms. The third-order valence-electron chi connectivity index (χ3n) is 5.53. The number of benzene rings is 3. The van der Waals surface area contributed by atoms with Crippen LogP contribution in [0.25, 0.3) is 11.0 Å². The van der Waals surface area contributed by atoms with Crippen molar-refractivity contribution in [3.05, 3.63) is 71.2 Å². The van der Waals surface area contributed by atoms with Gasteiger partial charge in [0.05, 0.1) is 51.8 Å². The van der Waals surface area contributed by atoms with E-state index < -0.39 is 23.2 Å². The van der Waals surface area contributed by atoms with Gasteiger partial charge >= 0.3 is 0 Å². The fourth-order valence-corrected chi connectivity index (χ4v) is 4.36. The summed E-state index contributed by atoms with van der Waals surface area (Å²) in [7, 11) is 1.52. The molecule has 0 aliphatic carbocycles. The summed E-state index contributed by atoms with van der Waals surface area (Å²) in [5, 5.41) is 6.11. The second-order valence-electron chi connectivity index (χ2n) is 8.19. The van der Waals surface area contributed by atoms with Crippen molar-refractivity contribution in [1.29, 1.82) is 0 Å². The number of methoxy groups -OCH3 is 1. The summed E-state index contributed by atoms with van der Waals surface area (Å²) in [5.41, 5.74) is 14.0. The molecule has 6 N–H and O–H groups in total. The molecule has 0 radical (unpaired) electrons. The molecule has 0 aliphatic heterocycles. The van der Waals surface area contributed by atoms with E-state index >= 15 is 0 Å². The van der Waals surface area contributed by atoms with E-state index in [9.17, 15) is 13.6 Å². The Morgan fingerprint density at radius 3 is 2.50 bits per heavy atom. The number of ether oxygens (including phenoxy) is 1. The Kier molecular flexibility index (Phi) is 8.39. The van der Waals surface area contributed by atoms with Crippen molar-refractivity contribution < 1.29 is 18.3 Å². The third kappa shape index (κ3) is 5.85. The average Bonchev–Trinajstić information content (AvgIpc) is 2.90. The van der Waals surface area contributed by atoms with E-state index in [1.165, 1.54) is 20.1 Å². The highest BCUT2D eigenvalue weighted by Crippen LogP contribution is 2.38. The number of fused-ring (bicyclic) bond motifs is 1. The van der Waals surface area contributed by atoms with Crippen LogP contribution in [0.1, 0.15) is 12.5 Å². The van der Waals surface area contributed by atoms with Gasteiger partial charge in [0, 0.05) is 18.3 Å². The monoisotopic (exact) mass is 554 g/mol. The van der Waals surface area contributed by atoms with Crippen LogP contribution < -0.4 is 31.1 Å². The second-order valence-corrected chi connectivity index (χ2v) is 9.40. The average molecular weight is 555 g/mol. The molecule has 2 atom stereocenters. The maximum Gasteiger partial charge on any atom is 0.240 e. The molecule has 0 spiro atoms. The maximum atomic E-state index is 12.8. The van der Waals surface area contributed by atoms with Gasteiger partial charge in [-0.15, -0.1) is 0 Å². The summed E-state index contributed by atoms with van der Waals surface area (Å²) in [6.45, 7) is 1.55. The Bertz CT molecular complexity index is 1520. The summed E-state index contributed by atoms with van der Waals surface area (Å²) in [6.07, 6.45) is 0. The lowest BCUT2D eigenvalue weighted by molar-refractivity contribution is -0.117. The molecule has 1 aromatic heterocycles. The Hall–Kier alpha value is -3.81. The number of nitrogens with two attached hydrogens (primary N) is 2. The van der Waals surface area contributed by atoms with E-state index in [0.29, 0.717) is 38.7 Å². The van der Waals surface area contributed by atoms with Crippen LogP contribution in [0.4, 0.5) is 28.7 Å². The van der Waals surface area contributed by atoms with Crippen molar-refractivity contribution in [2.45, 2.75) is 19.5 Å². The molecule has 4 rings (SSSR count). The summed E-state index contributed by atoms with van der Waals surface area (Å²) in [6, 6.07) is 15.9. The molecule has 3 aromatic carbocycles. The van der Waals surface area contributed by atoms with E-state index in [2.05, 4.69) is 20.6 Å². The summed E-state index contributed by atoms with van der Waals surface area (Å²) in [4.78, 5) is 21.4. The molecule has 0 saturated heterocycles. The van der Waals surface area contributed by atoms with Crippen LogP contribution in [0, 0.1) is 0 Å². The van der Waals surface area contributed by atoms with Crippen LogP contribution in [0.2, 0.25) is 5.02 Å². The zero-order valence-electron chi connectivity index (χ0n) is 20.5. The Morgan fingerprint density at radius 1 is 1.16 bits per heavy atom. The van der Waals surface area contributed by atoms with Crippen molar-refractivity contribution in [2.75, 3.05) is 22.0 Å². The van der Waals surface area contributed by atoms with Crippen molar-refractivity contribution in [2.24, 2.45) is 11.5 Å². The summed E-state index contributed by atoms with van der Waals surface area (Å²) >= 11 is 3.53. The number of halogens is 1. The van der Waals surface area contributed by atoms with Gasteiger partial charge in [-0.1, -0.05) is 29.8 Å². The number of nitrogens with one attached hydrogen (secondary N) is 2. The van der Waals surface area contributed by atoms with Gasteiger partial charge in [-0.2, -0.15) is 0 Å². The molecule has 1 unspecified atom stereocenters. The number of hydrogen-bond donors (Lipinski definition) is 4. The lowest BCUT2D eigenvalue weighted by Crippen LogP contribution is -2.32. The van der Waals surface area contributed by atoms with Crippen LogP contribution in [0.3, 0.4) is 0 Å². The molecule has 0 aliphatic rings. The number of carbonyl (C=O) groups excluding carboxylic acids is 1. The quantitative estimate of drug-likeness (QED) is 0.225. The molecule has 0 saturated carbocycles. The lowest BCUT2D eigenvalue weighted by atomic mass is 10.1. The van der Waals surface area contributed by atoms with E-state index in [0.717, 1.165) is 4.31 Å². The predicted molar refractivity (Wildman–Crippen MR) is 148 cm³/mol. The fourth-order valence-electron chi connectivity index (χ4n) is 3.60. The topological polar surface area (TPSA) is 172 Å². The van der Waals surface area contributed by atoms with Crippen LogP contribution in [0.5, 0.6) is 5.75 Å². The highest BCUT2D eigenvalue weighted by molar-refractivity contribution is 7.81. The van der Waals surface area contributed by atoms with Gasteiger partial charge in [-0.05, 0) is 48.9 Å². The number of hydrogen-bond acceptors (Lipinski definition) is 9. The predicted octanol–water partition coefficient (Wildman–Crippen LogP) is 3.71. The van der Waals surface area contributed by atoms with Crippen LogP contribution in [-0.4, -0.2) is 37.8 Å². The Morgan fingerprint density at radius 2 is 1.87 bits per heavy atom. The number of aromatic nitrogens is 2. The number of nitrogens with zero attached hydrogens (tertiary/aromatic N) is 3. The molecule has 11 nitrogen and oxygen atoms in total. The minimum Gasteiger partial charge on any atom is -0.755 e. The van der Waals surface area contributed by atoms with Gasteiger partial charge in [-0.3, -0.25) is 13.3 Å². The van der Waals surface area contributed by atoms with Crippen LogP contribution in [0.15, 0.2) is 60.7 Å². The van der Waals surface area contributed by atoms with Crippen molar-refractivity contribution in [3.8, 4) is 5.75 Å². The first-order chi connectivity index (χ1) is 18.2. The van der Waals surface area contributed by atoms with Gasteiger partial charge in [0.2, 0.25) is 5.91 Å². The van der Waals surface area contributed by atoms with Crippen molar-refractivity contribution in [3.63, 3.8) is 0 Å². The standard InChI is InChI=1S/C25H26ClN7O4S/c1-14(28)25(34)29-16-8-7-15(13-27)22(11-16)33(38(35)36)24-23(30-19-5-3-4-6-20(19)32-24)31-21-12-17(37-2)9-10-18(21)26/h3-12,14H,13,27-28H2,1-2H3,(H,29,34)(H,30,31)(H,35,36)/p-1/t14-/m0/s1. The second kappa shape index (κ2) is 11.7. The molecular weight excluding hydrogens is 530 g/mol.